The standard InChI is InChI=1S/C17H18F3N3O2/c1-16(2,3)15-11(5-8-14(24)25-4)10-23(22-15)13-7-6-12(9-21-13)17(18,19)20/h5-10H,1-4H3. The fourth-order valence-corrected chi connectivity index (χ4v) is 2.12. The number of aromatic nitrogens is 3. The van der Waals surface area contributed by atoms with Gasteiger partial charge in [-0.1, -0.05) is 20.8 Å². The number of nitrogens with zero attached hydrogens (tertiary/aromatic N) is 3. The molecule has 0 amide bonds. The summed E-state index contributed by atoms with van der Waals surface area (Å²) in [6.45, 7) is 5.82. The predicted octanol–water partition coefficient (Wildman–Crippen LogP) is 3.77. The number of methoxy groups -OCH3 is 1. The van der Waals surface area contributed by atoms with E-state index >= 15 is 0 Å². The molecule has 0 fully saturated rings. The maximum absolute atomic E-state index is 12.6. The molecule has 8 heteroatoms. The van der Waals surface area contributed by atoms with Gasteiger partial charge < -0.3 is 4.74 Å². The third-order valence-corrected chi connectivity index (χ3v) is 3.36. The molecule has 0 bridgehead atoms. The molecule has 0 saturated heterocycles. The Labute approximate surface area is 143 Å². The maximum Gasteiger partial charge on any atom is 0.417 e. The molecule has 134 valence electrons. The van der Waals surface area contributed by atoms with Crippen LogP contribution in [0, 0.1) is 0 Å². The molecule has 0 aliphatic rings. The van der Waals surface area contributed by atoms with Gasteiger partial charge in [0.25, 0.3) is 0 Å². The number of esters is 1. The van der Waals surface area contributed by atoms with Crippen LogP contribution in [0.5, 0.6) is 0 Å². The molecule has 0 radical (unpaired) electrons. The quantitative estimate of drug-likeness (QED) is 0.623. The Morgan fingerprint density at radius 3 is 2.40 bits per heavy atom. The van der Waals surface area contributed by atoms with E-state index in [9.17, 15) is 18.0 Å². The van der Waals surface area contributed by atoms with Gasteiger partial charge in [-0.15, -0.1) is 0 Å². The smallest absolute Gasteiger partial charge is 0.417 e. The van der Waals surface area contributed by atoms with E-state index in [2.05, 4.69) is 14.8 Å². The molecule has 2 aromatic heterocycles. The zero-order chi connectivity index (χ0) is 18.8. The van der Waals surface area contributed by atoms with Gasteiger partial charge in [0, 0.05) is 29.4 Å². The molecular weight excluding hydrogens is 335 g/mol. The summed E-state index contributed by atoms with van der Waals surface area (Å²) in [5.74, 6) is -0.267. The largest absolute Gasteiger partial charge is 0.466 e. The zero-order valence-corrected chi connectivity index (χ0v) is 14.3. The second kappa shape index (κ2) is 6.70. The van der Waals surface area contributed by atoms with Gasteiger partial charge in [0.05, 0.1) is 18.4 Å². The third kappa shape index (κ3) is 4.46. The normalized spacial score (nSPS) is 12.6. The van der Waals surface area contributed by atoms with Crippen LogP contribution in [0.2, 0.25) is 0 Å². The average Bonchev–Trinajstić information content (AvgIpc) is 2.96. The maximum atomic E-state index is 12.6. The summed E-state index contributed by atoms with van der Waals surface area (Å²) >= 11 is 0. The molecule has 25 heavy (non-hydrogen) atoms. The zero-order valence-electron chi connectivity index (χ0n) is 14.3. The highest BCUT2D eigenvalue weighted by Crippen LogP contribution is 2.29. The van der Waals surface area contributed by atoms with Crippen molar-refractivity contribution in [3.8, 4) is 5.82 Å². The highest BCUT2D eigenvalue weighted by molar-refractivity contribution is 5.87. The Hall–Kier alpha value is -2.64. The molecule has 2 heterocycles. The van der Waals surface area contributed by atoms with Crippen LogP contribution in [0.3, 0.4) is 0 Å². The Kier molecular flexibility index (Phi) is 5.01. The van der Waals surface area contributed by atoms with Crippen LogP contribution in [-0.2, 0) is 21.1 Å². The second-order valence-electron chi connectivity index (χ2n) is 6.39. The van der Waals surface area contributed by atoms with Gasteiger partial charge in [-0.2, -0.15) is 18.3 Å². The number of rotatable bonds is 3. The molecule has 2 aromatic rings. The van der Waals surface area contributed by atoms with Crippen molar-refractivity contribution < 1.29 is 22.7 Å². The Balaban J connectivity index is 2.44. The molecule has 0 atom stereocenters. The van der Waals surface area contributed by atoms with E-state index in [1.807, 2.05) is 20.8 Å². The minimum Gasteiger partial charge on any atom is -0.466 e. The van der Waals surface area contributed by atoms with Gasteiger partial charge >= 0.3 is 12.1 Å². The number of ether oxygens (including phenoxy) is 1. The summed E-state index contributed by atoms with van der Waals surface area (Å²) < 4.78 is 43.9. The summed E-state index contributed by atoms with van der Waals surface area (Å²) in [6, 6.07) is 2.20. The molecule has 0 unspecified atom stereocenters. The van der Waals surface area contributed by atoms with E-state index in [1.165, 1.54) is 23.9 Å². The van der Waals surface area contributed by atoms with Crippen molar-refractivity contribution in [3.63, 3.8) is 0 Å². The third-order valence-electron chi connectivity index (χ3n) is 3.36. The van der Waals surface area contributed by atoms with E-state index in [1.54, 1.807) is 12.3 Å². The Morgan fingerprint density at radius 1 is 1.24 bits per heavy atom. The second-order valence-corrected chi connectivity index (χ2v) is 6.39. The van der Waals surface area contributed by atoms with Crippen molar-refractivity contribution >= 4 is 12.0 Å². The van der Waals surface area contributed by atoms with Crippen molar-refractivity contribution in [2.75, 3.05) is 7.11 Å². The number of halogens is 3. The van der Waals surface area contributed by atoms with Crippen molar-refractivity contribution in [1.82, 2.24) is 14.8 Å². The van der Waals surface area contributed by atoms with Gasteiger partial charge in [-0.25, -0.2) is 14.5 Å². The number of carbonyl (C=O) groups is 1. The van der Waals surface area contributed by atoms with E-state index < -0.39 is 17.7 Å². The molecular formula is C17H18F3N3O2. The fraction of sp³-hybridized carbons (Fsp3) is 0.353. The molecule has 0 aromatic carbocycles. The lowest BCUT2D eigenvalue weighted by molar-refractivity contribution is -0.138. The Morgan fingerprint density at radius 2 is 1.92 bits per heavy atom. The lowest BCUT2D eigenvalue weighted by atomic mass is 9.89. The van der Waals surface area contributed by atoms with Crippen LogP contribution in [0.1, 0.15) is 37.6 Å². The monoisotopic (exact) mass is 353 g/mol. The molecule has 5 nitrogen and oxygen atoms in total. The van der Waals surface area contributed by atoms with Crippen molar-refractivity contribution in [2.45, 2.75) is 32.4 Å². The summed E-state index contributed by atoms with van der Waals surface area (Å²) in [5.41, 5.74) is 0.159. The first kappa shape index (κ1) is 18.7. The molecule has 0 spiro atoms. The number of alkyl halides is 3. The first-order valence-corrected chi connectivity index (χ1v) is 7.42. The number of carbonyl (C=O) groups excluding carboxylic acids is 1. The van der Waals surface area contributed by atoms with Crippen molar-refractivity contribution in [3.05, 3.63) is 47.4 Å². The first-order chi connectivity index (χ1) is 11.5. The van der Waals surface area contributed by atoms with Crippen molar-refractivity contribution in [1.29, 1.82) is 0 Å². The minimum absolute atomic E-state index is 0.246. The minimum atomic E-state index is -4.44. The van der Waals surface area contributed by atoms with Gasteiger partial charge in [0.15, 0.2) is 5.82 Å². The van der Waals surface area contributed by atoms with Gasteiger partial charge in [-0.3, -0.25) is 0 Å². The summed E-state index contributed by atoms with van der Waals surface area (Å²) in [4.78, 5) is 15.1. The number of hydrogen-bond donors (Lipinski definition) is 0. The Bertz CT molecular complexity index is 785. The fourth-order valence-electron chi connectivity index (χ4n) is 2.12. The van der Waals surface area contributed by atoms with Crippen LogP contribution < -0.4 is 0 Å². The molecule has 0 aliphatic carbocycles. The first-order valence-electron chi connectivity index (χ1n) is 7.42. The molecule has 0 N–H and O–H groups in total. The van der Waals surface area contributed by atoms with E-state index in [4.69, 9.17) is 0 Å². The topological polar surface area (TPSA) is 57.0 Å². The van der Waals surface area contributed by atoms with E-state index in [0.717, 1.165) is 12.3 Å². The van der Waals surface area contributed by atoms with Crippen LogP contribution in [0.15, 0.2) is 30.6 Å². The van der Waals surface area contributed by atoms with Crippen LogP contribution in [0.25, 0.3) is 11.9 Å². The lowest BCUT2D eigenvalue weighted by Gasteiger charge is -2.16. The summed E-state index contributed by atoms with van der Waals surface area (Å²) in [5, 5.41) is 4.42. The summed E-state index contributed by atoms with van der Waals surface area (Å²) in [7, 11) is 1.27. The van der Waals surface area contributed by atoms with Gasteiger partial charge in [0.1, 0.15) is 0 Å². The average molecular weight is 353 g/mol. The predicted molar refractivity (Wildman–Crippen MR) is 86.1 cm³/mol. The van der Waals surface area contributed by atoms with Crippen LogP contribution >= 0.6 is 0 Å². The molecule has 0 saturated carbocycles. The van der Waals surface area contributed by atoms with Crippen LogP contribution in [0.4, 0.5) is 13.2 Å². The highest BCUT2D eigenvalue weighted by atomic mass is 19.4. The van der Waals surface area contributed by atoms with Crippen LogP contribution in [-0.4, -0.2) is 27.8 Å². The summed E-state index contributed by atoms with van der Waals surface area (Å²) in [6.07, 6.45) is 0.741. The van der Waals surface area contributed by atoms with E-state index in [-0.39, 0.29) is 11.2 Å². The molecule has 2 rings (SSSR count). The van der Waals surface area contributed by atoms with Gasteiger partial charge in [0.2, 0.25) is 0 Å². The highest BCUT2D eigenvalue weighted by Gasteiger charge is 2.31. The number of hydrogen-bond acceptors (Lipinski definition) is 4. The van der Waals surface area contributed by atoms with Crippen molar-refractivity contribution in [2.24, 2.45) is 0 Å². The van der Waals surface area contributed by atoms with Gasteiger partial charge in [-0.05, 0) is 18.2 Å². The SMILES string of the molecule is COC(=O)C=Cc1cn(-c2ccc(C(F)(F)F)cn2)nc1C(C)(C)C. The molecule has 0 aliphatic heterocycles. The lowest BCUT2D eigenvalue weighted by Crippen LogP contribution is -2.14. The van der Waals surface area contributed by atoms with E-state index in [0.29, 0.717) is 11.3 Å². The number of pyridine rings is 1.